The van der Waals surface area contributed by atoms with Crippen molar-refractivity contribution in [1.82, 2.24) is 0 Å². The van der Waals surface area contributed by atoms with Crippen molar-refractivity contribution >= 4 is 0 Å². The van der Waals surface area contributed by atoms with Crippen molar-refractivity contribution in [3.8, 4) is 5.75 Å². The number of rotatable bonds is 7. The zero-order chi connectivity index (χ0) is 11.8. The monoisotopic (exact) mass is 218 g/mol. The zero-order valence-electron chi connectivity index (χ0n) is 10.5. The molecule has 1 rings (SSSR count). The molecule has 16 heavy (non-hydrogen) atoms. The molecule has 1 aromatic carbocycles. The van der Waals surface area contributed by atoms with Gasteiger partial charge in [0.1, 0.15) is 5.75 Å². The second-order valence-electron chi connectivity index (χ2n) is 4.16. The average Bonchev–Trinajstić information content (AvgIpc) is 2.27. The maximum absolute atomic E-state index is 5.80. The maximum atomic E-state index is 5.80. The standard InChI is InChI=1S/C15H22O/c1-4-6-7-11-16-15-10-9-13(3)12-14(15)8-5-2/h5,9-10,12H,2,4,6-8,11H2,1,3H3. The molecule has 0 radical (unpaired) electrons. The predicted molar refractivity (Wildman–Crippen MR) is 70.1 cm³/mol. The highest BCUT2D eigenvalue weighted by Gasteiger charge is 2.02. The molecular weight excluding hydrogens is 196 g/mol. The summed E-state index contributed by atoms with van der Waals surface area (Å²) in [6, 6.07) is 6.35. The number of allylic oxidation sites excluding steroid dienone is 1. The Morgan fingerprint density at radius 1 is 1.31 bits per heavy atom. The van der Waals surface area contributed by atoms with Gasteiger partial charge in [0.05, 0.1) is 6.61 Å². The molecular formula is C15H22O. The van der Waals surface area contributed by atoms with Crippen LogP contribution in [-0.4, -0.2) is 6.61 Å². The van der Waals surface area contributed by atoms with Crippen LogP contribution in [0.5, 0.6) is 5.75 Å². The summed E-state index contributed by atoms with van der Waals surface area (Å²) in [5, 5.41) is 0. The van der Waals surface area contributed by atoms with E-state index in [1.54, 1.807) is 0 Å². The fraction of sp³-hybridized carbons (Fsp3) is 0.467. The van der Waals surface area contributed by atoms with Crippen molar-refractivity contribution in [2.24, 2.45) is 0 Å². The summed E-state index contributed by atoms with van der Waals surface area (Å²) >= 11 is 0. The van der Waals surface area contributed by atoms with Crippen LogP contribution in [0.4, 0.5) is 0 Å². The third-order valence-electron chi connectivity index (χ3n) is 2.59. The van der Waals surface area contributed by atoms with Crippen LogP contribution in [0.25, 0.3) is 0 Å². The summed E-state index contributed by atoms with van der Waals surface area (Å²) in [6.07, 6.45) is 6.41. The number of hydrogen-bond donors (Lipinski definition) is 0. The normalized spacial score (nSPS) is 10.1. The van der Waals surface area contributed by atoms with Crippen LogP contribution in [0, 0.1) is 6.92 Å². The Balaban J connectivity index is 2.59. The lowest BCUT2D eigenvalue weighted by Crippen LogP contribution is -2.00. The van der Waals surface area contributed by atoms with Crippen molar-refractivity contribution in [2.75, 3.05) is 6.61 Å². The van der Waals surface area contributed by atoms with E-state index in [0.29, 0.717) is 0 Å². The molecule has 0 heterocycles. The van der Waals surface area contributed by atoms with Gasteiger partial charge in [-0.05, 0) is 31.4 Å². The number of hydrogen-bond acceptors (Lipinski definition) is 1. The third kappa shape index (κ3) is 4.09. The van der Waals surface area contributed by atoms with Gasteiger partial charge in [-0.2, -0.15) is 0 Å². The van der Waals surface area contributed by atoms with E-state index in [9.17, 15) is 0 Å². The maximum Gasteiger partial charge on any atom is 0.122 e. The number of benzene rings is 1. The van der Waals surface area contributed by atoms with Crippen molar-refractivity contribution < 1.29 is 4.74 Å². The summed E-state index contributed by atoms with van der Waals surface area (Å²) in [6.45, 7) is 8.91. The van der Waals surface area contributed by atoms with E-state index in [4.69, 9.17) is 4.74 Å². The van der Waals surface area contributed by atoms with E-state index in [0.717, 1.165) is 25.2 Å². The van der Waals surface area contributed by atoms with E-state index in [1.165, 1.54) is 24.0 Å². The summed E-state index contributed by atoms with van der Waals surface area (Å²) in [5.74, 6) is 1.02. The van der Waals surface area contributed by atoms with Gasteiger partial charge in [0, 0.05) is 0 Å². The molecule has 0 amide bonds. The topological polar surface area (TPSA) is 9.23 Å². The molecule has 0 saturated heterocycles. The van der Waals surface area contributed by atoms with Gasteiger partial charge >= 0.3 is 0 Å². The first-order chi connectivity index (χ1) is 7.77. The lowest BCUT2D eigenvalue weighted by atomic mass is 10.1. The highest BCUT2D eigenvalue weighted by molar-refractivity contribution is 5.38. The third-order valence-corrected chi connectivity index (χ3v) is 2.59. The lowest BCUT2D eigenvalue weighted by Gasteiger charge is -2.11. The molecule has 0 atom stereocenters. The highest BCUT2D eigenvalue weighted by atomic mass is 16.5. The fourth-order valence-electron chi connectivity index (χ4n) is 1.70. The van der Waals surface area contributed by atoms with Crippen LogP contribution >= 0.6 is 0 Å². The molecule has 0 spiro atoms. The Morgan fingerprint density at radius 2 is 2.12 bits per heavy atom. The molecule has 1 heteroatoms. The smallest absolute Gasteiger partial charge is 0.122 e. The molecule has 0 unspecified atom stereocenters. The molecule has 1 nitrogen and oxygen atoms in total. The first-order valence-electron chi connectivity index (χ1n) is 6.11. The minimum Gasteiger partial charge on any atom is -0.493 e. The molecule has 0 aromatic heterocycles. The van der Waals surface area contributed by atoms with Gasteiger partial charge < -0.3 is 4.74 Å². The molecule has 88 valence electrons. The highest BCUT2D eigenvalue weighted by Crippen LogP contribution is 2.21. The molecule has 0 fully saturated rings. The van der Waals surface area contributed by atoms with E-state index < -0.39 is 0 Å². The van der Waals surface area contributed by atoms with Crippen molar-refractivity contribution in [2.45, 2.75) is 39.5 Å². The number of unbranched alkanes of at least 4 members (excludes halogenated alkanes) is 2. The largest absolute Gasteiger partial charge is 0.493 e. The molecule has 0 bridgehead atoms. The SMILES string of the molecule is C=CCc1cc(C)ccc1OCCCCC. The van der Waals surface area contributed by atoms with Gasteiger partial charge in [0.25, 0.3) is 0 Å². The first kappa shape index (κ1) is 12.8. The quantitative estimate of drug-likeness (QED) is 0.490. The Labute approximate surface area is 99.1 Å². The number of aryl methyl sites for hydroxylation is 1. The van der Waals surface area contributed by atoms with Crippen LogP contribution in [0.15, 0.2) is 30.9 Å². The predicted octanol–water partition coefficient (Wildman–Crippen LogP) is 4.29. The van der Waals surface area contributed by atoms with Gasteiger partial charge in [-0.15, -0.1) is 6.58 Å². The summed E-state index contributed by atoms with van der Waals surface area (Å²) in [4.78, 5) is 0. The van der Waals surface area contributed by atoms with Crippen LogP contribution in [0.3, 0.4) is 0 Å². The molecule has 1 aromatic rings. The van der Waals surface area contributed by atoms with Gasteiger partial charge in [-0.1, -0.05) is 43.5 Å². The van der Waals surface area contributed by atoms with Crippen LogP contribution in [0.1, 0.15) is 37.3 Å². The van der Waals surface area contributed by atoms with Crippen LogP contribution < -0.4 is 4.74 Å². The number of ether oxygens (including phenoxy) is 1. The second-order valence-corrected chi connectivity index (χ2v) is 4.16. The zero-order valence-corrected chi connectivity index (χ0v) is 10.5. The molecule has 0 saturated carbocycles. The average molecular weight is 218 g/mol. The van der Waals surface area contributed by atoms with Gasteiger partial charge in [0.2, 0.25) is 0 Å². The lowest BCUT2D eigenvalue weighted by molar-refractivity contribution is 0.303. The van der Waals surface area contributed by atoms with Crippen LogP contribution in [0.2, 0.25) is 0 Å². The summed E-state index contributed by atoms with van der Waals surface area (Å²) < 4.78 is 5.80. The molecule has 0 aliphatic heterocycles. The first-order valence-corrected chi connectivity index (χ1v) is 6.11. The minimum absolute atomic E-state index is 0.820. The Hall–Kier alpha value is -1.24. The van der Waals surface area contributed by atoms with E-state index in [2.05, 4.69) is 38.6 Å². The minimum atomic E-state index is 0.820. The Morgan fingerprint density at radius 3 is 2.81 bits per heavy atom. The second kappa shape index (κ2) is 7.10. The van der Waals surface area contributed by atoms with Crippen molar-refractivity contribution in [3.63, 3.8) is 0 Å². The molecule has 0 aliphatic rings. The van der Waals surface area contributed by atoms with Crippen LogP contribution in [-0.2, 0) is 6.42 Å². The fourth-order valence-corrected chi connectivity index (χ4v) is 1.70. The van der Waals surface area contributed by atoms with Crippen molar-refractivity contribution in [3.05, 3.63) is 42.0 Å². The van der Waals surface area contributed by atoms with E-state index in [-0.39, 0.29) is 0 Å². The molecule has 0 aliphatic carbocycles. The summed E-state index contributed by atoms with van der Waals surface area (Å²) in [7, 11) is 0. The van der Waals surface area contributed by atoms with Crippen molar-refractivity contribution in [1.29, 1.82) is 0 Å². The Kier molecular flexibility index (Phi) is 5.69. The van der Waals surface area contributed by atoms with Gasteiger partial charge in [0.15, 0.2) is 0 Å². The molecule has 0 N–H and O–H groups in total. The van der Waals surface area contributed by atoms with Gasteiger partial charge in [-0.3, -0.25) is 0 Å². The Bertz CT molecular complexity index is 328. The summed E-state index contributed by atoms with van der Waals surface area (Å²) in [5.41, 5.74) is 2.52. The van der Waals surface area contributed by atoms with E-state index >= 15 is 0 Å². The van der Waals surface area contributed by atoms with E-state index in [1.807, 2.05) is 6.08 Å². The van der Waals surface area contributed by atoms with Gasteiger partial charge in [-0.25, -0.2) is 0 Å².